The van der Waals surface area contributed by atoms with E-state index < -0.39 is 23.6 Å². The molecule has 1 aliphatic rings. The second kappa shape index (κ2) is 7.67. The Balaban J connectivity index is 1.51. The lowest BCUT2D eigenvalue weighted by Gasteiger charge is -2.14. The van der Waals surface area contributed by atoms with E-state index in [-0.39, 0.29) is 0 Å². The fourth-order valence-corrected chi connectivity index (χ4v) is 3.49. The summed E-state index contributed by atoms with van der Waals surface area (Å²) in [6.07, 6.45) is 0.251. The van der Waals surface area contributed by atoms with E-state index in [2.05, 4.69) is 10.5 Å². The molecule has 30 heavy (non-hydrogen) atoms. The first kappa shape index (κ1) is 19.7. The number of aryl methyl sites for hydroxylation is 1. The molecule has 154 valence electrons. The molecule has 1 aromatic heterocycles. The number of nitrogens with one attached hydrogen (secondary N) is 1. The van der Waals surface area contributed by atoms with Crippen molar-refractivity contribution in [1.29, 1.82) is 0 Å². The maximum atomic E-state index is 12.4. The standard InChI is InChI=1S/C23H22N2O5/c1-14-19(24-22(28)29-15(2)16-6-4-3-5-7-16)20(30-25-14)17-8-10-18(11-9-17)23(12-13-23)21(26)27/h3-11,15H,12-13H2,1-2H3,(H,24,28)(H,26,27). The van der Waals surface area contributed by atoms with Crippen LogP contribution >= 0.6 is 0 Å². The summed E-state index contributed by atoms with van der Waals surface area (Å²) < 4.78 is 10.9. The third kappa shape index (κ3) is 3.66. The summed E-state index contributed by atoms with van der Waals surface area (Å²) in [5.41, 5.74) is 2.51. The summed E-state index contributed by atoms with van der Waals surface area (Å²) in [6, 6.07) is 16.6. The van der Waals surface area contributed by atoms with E-state index in [1.54, 1.807) is 38.1 Å². The first-order valence-electron chi connectivity index (χ1n) is 9.74. The molecule has 1 saturated carbocycles. The van der Waals surface area contributed by atoms with Crippen LogP contribution in [0.4, 0.5) is 10.5 Å². The van der Waals surface area contributed by atoms with Crippen molar-refractivity contribution < 1.29 is 24.0 Å². The molecule has 0 bridgehead atoms. The number of carbonyl (C=O) groups excluding carboxylic acids is 1. The number of carboxylic acid groups (broad SMARTS) is 1. The van der Waals surface area contributed by atoms with Crippen LogP contribution in [0.3, 0.4) is 0 Å². The van der Waals surface area contributed by atoms with Crippen LogP contribution in [0.2, 0.25) is 0 Å². The van der Waals surface area contributed by atoms with Crippen LogP contribution in [0.1, 0.15) is 42.7 Å². The van der Waals surface area contributed by atoms with Gasteiger partial charge in [-0.1, -0.05) is 59.8 Å². The third-order valence-corrected chi connectivity index (χ3v) is 5.50. The average Bonchev–Trinajstić information content (AvgIpc) is 3.49. The number of amides is 1. The maximum absolute atomic E-state index is 12.4. The lowest BCUT2D eigenvalue weighted by atomic mass is 9.95. The Morgan fingerprint density at radius 1 is 1.13 bits per heavy atom. The van der Waals surface area contributed by atoms with Crippen molar-refractivity contribution in [1.82, 2.24) is 5.16 Å². The highest BCUT2D eigenvalue weighted by atomic mass is 16.6. The van der Waals surface area contributed by atoms with Crippen molar-refractivity contribution in [2.24, 2.45) is 0 Å². The monoisotopic (exact) mass is 406 g/mol. The van der Waals surface area contributed by atoms with Crippen LogP contribution in [0, 0.1) is 6.92 Å². The number of aromatic nitrogens is 1. The van der Waals surface area contributed by atoms with Gasteiger partial charge < -0.3 is 14.4 Å². The van der Waals surface area contributed by atoms with E-state index in [0.29, 0.717) is 35.5 Å². The van der Waals surface area contributed by atoms with Crippen LogP contribution in [0.15, 0.2) is 59.1 Å². The first-order valence-corrected chi connectivity index (χ1v) is 9.74. The van der Waals surface area contributed by atoms with Crippen LogP contribution in [-0.2, 0) is 14.9 Å². The SMILES string of the molecule is Cc1noc(-c2ccc(C3(C(=O)O)CC3)cc2)c1NC(=O)OC(C)c1ccccc1. The van der Waals surface area contributed by atoms with Crippen molar-refractivity contribution >= 4 is 17.7 Å². The zero-order valence-electron chi connectivity index (χ0n) is 16.7. The van der Waals surface area contributed by atoms with Crippen molar-refractivity contribution in [2.45, 2.75) is 38.2 Å². The summed E-state index contributed by atoms with van der Waals surface area (Å²) in [5.74, 6) is -0.410. The fourth-order valence-electron chi connectivity index (χ4n) is 3.49. The van der Waals surface area contributed by atoms with Gasteiger partial charge in [-0.25, -0.2) is 4.79 Å². The molecule has 7 heteroatoms. The summed E-state index contributed by atoms with van der Waals surface area (Å²) in [6.45, 7) is 3.52. The predicted molar refractivity (Wildman–Crippen MR) is 110 cm³/mol. The summed E-state index contributed by atoms with van der Waals surface area (Å²) >= 11 is 0. The van der Waals surface area contributed by atoms with Crippen molar-refractivity contribution in [2.75, 3.05) is 5.32 Å². The van der Waals surface area contributed by atoms with Gasteiger partial charge in [0.1, 0.15) is 17.5 Å². The van der Waals surface area contributed by atoms with E-state index in [9.17, 15) is 14.7 Å². The number of nitrogens with zero attached hydrogens (tertiary/aromatic N) is 1. The van der Waals surface area contributed by atoms with Crippen molar-refractivity contribution in [3.63, 3.8) is 0 Å². The van der Waals surface area contributed by atoms with Gasteiger partial charge >= 0.3 is 12.1 Å². The molecule has 1 aliphatic carbocycles. The molecule has 0 radical (unpaired) electrons. The Morgan fingerprint density at radius 3 is 2.40 bits per heavy atom. The smallest absolute Gasteiger partial charge is 0.412 e. The lowest BCUT2D eigenvalue weighted by Crippen LogP contribution is -2.19. The largest absolute Gasteiger partial charge is 0.481 e. The quantitative estimate of drug-likeness (QED) is 0.592. The lowest BCUT2D eigenvalue weighted by molar-refractivity contribution is -0.140. The Bertz CT molecular complexity index is 1070. The first-order chi connectivity index (χ1) is 14.4. The number of ether oxygens (including phenoxy) is 1. The maximum Gasteiger partial charge on any atom is 0.412 e. The fraction of sp³-hybridized carbons (Fsp3) is 0.261. The van der Waals surface area contributed by atoms with E-state index in [0.717, 1.165) is 11.1 Å². The molecule has 1 amide bonds. The predicted octanol–water partition coefficient (Wildman–Crippen LogP) is 5.08. The minimum Gasteiger partial charge on any atom is -0.481 e. The number of hydrogen-bond donors (Lipinski definition) is 2. The molecule has 0 spiro atoms. The molecule has 0 saturated heterocycles. The number of aliphatic carboxylic acids is 1. The summed E-state index contributed by atoms with van der Waals surface area (Å²) in [4.78, 5) is 23.9. The topological polar surface area (TPSA) is 102 Å². The molecule has 2 N–H and O–H groups in total. The minimum absolute atomic E-state index is 0.392. The molecule has 1 fully saturated rings. The Labute approximate surface area is 173 Å². The molecule has 1 atom stereocenters. The molecular formula is C23H22N2O5. The molecule has 1 unspecified atom stereocenters. The average molecular weight is 406 g/mol. The van der Waals surface area contributed by atoms with Gasteiger partial charge in [-0.05, 0) is 37.8 Å². The Hall–Kier alpha value is -3.61. The normalized spacial score (nSPS) is 15.3. The van der Waals surface area contributed by atoms with Gasteiger partial charge in [0.25, 0.3) is 0 Å². The molecule has 3 aromatic rings. The minimum atomic E-state index is -0.802. The van der Waals surface area contributed by atoms with Gasteiger partial charge in [0.2, 0.25) is 0 Å². The number of rotatable bonds is 6. The molecule has 7 nitrogen and oxygen atoms in total. The number of benzene rings is 2. The van der Waals surface area contributed by atoms with Gasteiger partial charge in [0.05, 0.1) is 5.41 Å². The number of hydrogen-bond acceptors (Lipinski definition) is 5. The van der Waals surface area contributed by atoms with E-state index in [1.165, 1.54) is 0 Å². The zero-order valence-corrected chi connectivity index (χ0v) is 16.7. The molecule has 1 heterocycles. The Morgan fingerprint density at radius 2 is 1.80 bits per heavy atom. The molecule has 2 aromatic carbocycles. The van der Waals surface area contributed by atoms with Crippen molar-refractivity contribution in [3.05, 3.63) is 71.4 Å². The van der Waals surface area contributed by atoms with Gasteiger partial charge in [-0.15, -0.1) is 0 Å². The van der Waals surface area contributed by atoms with Crippen LogP contribution in [-0.4, -0.2) is 22.3 Å². The highest BCUT2D eigenvalue weighted by molar-refractivity contribution is 5.91. The molecule has 4 rings (SSSR count). The summed E-state index contributed by atoms with van der Waals surface area (Å²) in [5, 5.41) is 16.1. The third-order valence-electron chi connectivity index (χ3n) is 5.50. The molecule has 0 aliphatic heterocycles. The van der Waals surface area contributed by atoms with E-state index in [4.69, 9.17) is 9.26 Å². The second-order valence-corrected chi connectivity index (χ2v) is 7.52. The summed E-state index contributed by atoms with van der Waals surface area (Å²) in [7, 11) is 0. The van der Waals surface area contributed by atoms with Crippen LogP contribution < -0.4 is 5.32 Å². The Kier molecular flexibility index (Phi) is 5.03. The highest BCUT2D eigenvalue weighted by Crippen LogP contribution is 2.48. The zero-order chi connectivity index (χ0) is 21.3. The van der Waals surface area contributed by atoms with Gasteiger partial charge in [0, 0.05) is 5.56 Å². The number of anilines is 1. The number of carbonyl (C=O) groups is 2. The van der Waals surface area contributed by atoms with Gasteiger partial charge in [-0.3, -0.25) is 10.1 Å². The van der Waals surface area contributed by atoms with Crippen LogP contribution in [0.25, 0.3) is 11.3 Å². The van der Waals surface area contributed by atoms with E-state index in [1.807, 2.05) is 30.3 Å². The van der Waals surface area contributed by atoms with E-state index >= 15 is 0 Å². The molecular weight excluding hydrogens is 384 g/mol. The highest BCUT2D eigenvalue weighted by Gasteiger charge is 2.51. The van der Waals surface area contributed by atoms with Gasteiger partial charge in [-0.2, -0.15) is 0 Å². The van der Waals surface area contributed by atoms with Crippen LogP contribution in [0.5, 0.6) is 0 Å². The second-order valence-electron chi connectivity index (χ2n) is 7.52. The van der Waals surface area contributed by atoms with Gasteiger partial charge in [0.15, 0.2) is 5.76 Å². The number of carboxylic acids is 1. The van der Waals surface area contributed by atoms with Crippen molar-refractivity contribution in [3.8, 4) is 11.3 Å².